The average molecular weight is 380 g/mol. The number of halogens is 1. The summed E-state index contributed by atoms with van der Waals surface area (Å²) in [5, 5.41) is 2.83. The maximum absolute atomic E-state index is 13.3. The fourth-order valence-corrected chi connectivity index (χ4v) is 3.71. The summed E-state index contributed by atoms with van der Waals surface area (Å²) in [6, 6.07) is 13.5. The van der Waals surface area contributed by atoms with Crippen molar-refractivity contribution in [1.29, 1.82) is 0 Å². The van der Waals surface area contributed by atoms with E-state index in [0.717, 1.165) is 11.1 Å². The van der Waals surface area contributed by atoms with Gasteiger partial charge in [-0.05, 0) is 49.6 Å². The molecule has 1 N–H and O–H groups in total. The topological polar surface area (TPSA) is 49.4 Å². The monoisotopic (exact) mass is 380 g/mol. The molecule has 3 rings (SSSR count). The lowest BCUT2D eigenvalue weighted by molar-refractivity contribution is -0.126. The number of aryl methyl sites for hydroxylation is 1. The van der Waals surface area contributed by atoms with Crippen LogP contribution in [0.1, 0.15) is 40.4 Å². The number of amides is 2. The minimum atomic E-state index is -0.382. The van der Waals surface area contributed by atoms with Crippen molar-refractivity contribution in [3.63, 3.8) is 0 Å². The molecular formula is C23H25FN2O2. The lowest BCUT2D eigenvalue weighted by Crippen LogP contribution is -2.47. The normalized spacial score (nSPS) is 19.1. The third kappa shape index (κ3) is 4.47. The fraction of sp³-hybridized carbons (Fsp3) is 0.304. The van der Waals surface area contributed by atoms with Gasteiger partial charge in [0.2, 0.25) is 5.91 Å². The Balaban J connectivity index is 1.89. The van der Waals surface area contributed by atoms with Crippen LogP contribution in [0.2, 0.25) is 0 Å². The number of carbonyl (C=O) groups is 2. The van der Waals surface area contributed by atoms with Gasteiger partial charge in [0.1, 0.15) is 5.82 Å². The van der Waals surface area contributed by atoms with Crippen molar-refractivity contribution in [1.82, 2.24) is 10.2 Å². The van der Waals surface area contributed by atoms with Gasteiger partial charge in [0.05, 0.1) is 12.0 Å². The average Bonchev–Trinajstić information content (AvgIpc) is 2.71. The molecule has 0 radical (unpaired) electrons. The van der Waals surface area contributed by atoms with E-state index in [1.54, 1.807) is 11.0 Å². The summed E-state index contributed by atoms with van der Waals surface area (Å²) in [4.78, 5) is 27.4. The maximum Gasteiger partial charge on any atom is 0.254 e. The van der Waals surface area contributed by atoms with Crippen LogP contribution in [0, 0.1) is 18.7 Å². The fourth-order valence-electron chi connectivity index (χ4n) is 3.71. The number of hydrogen-bond donors (Lipinski definition) is 1. The van der Waals surface area contributed by atoms with Gasteiger partial charge >= 0.3 is 0 Å². The van der Waals surface area contributed by atoms with E-state index in [9.17, 15) is 14.0 Å². The lowest BCUT2D eigenvalue weighted by atomic mass is 9.87. The van der Waals surface area contributed by atoms with Crippen LogP contribution in [0.4, 0.5) is 4.39 Å². The summed E-state index contributed by atoms with van der Waals surface area (Å²) in [5.74, 6) is -0.912. The third-order valence-electron chi connectivity index (χ3n) is 5.15. The minimum absolute atomic E-state index is 0.0699. The van der Waals surface area contributed by atoms with E-state index in [4.69, 9.17) is 0 Å². The number of carbonyl (C=O) groups excluding carboxylic acids is 2. The molecule has 1 aliphatic heterocycles. The molecule has 0 saturated carbocycles. The molecule has 4 nitrogen and oxygen atoms in total. The van der Waals surface area contributed by atoms with Crippen LogP contribution in [0.25, 0.3) is 0 Å². The van der Waals surface area contributed by atoms with Crippen molar-refractivity contribution < 1.29 is 14.0 Å². The molecule has 0 bridgehead atoms. The van der Waals surface area contributed by atoms with Crippen LogP contribution in [-0.2, 0) is 4.79 Å². The first kappa shape index (κ1) is 19.8. The third-order valence-corrected chi connectivity index (χ3v) is 5.15. The Kier molecular flexibility index (Phi) is 6.24. The molecule has 0 aromatic heterocycles. The highest BCUT2D eigenvalue weighted by Crippen LogP contribution is 2.35. The summed E-state index contributed by atoms with van der Waals surface area (Å²) in [7, 11) is 0. The van der Waals surface area contributed by atoms with Crippen molar-refractivity contribution >= 4 is 11.8 Å². The van der Waals surface area contributed by atoms with Gasteiger partial charge in [-0.15, -0.1) is 6.58 Å². The molecule has 0 spiro atoms. The van der Waals surface area contributed by atoms with E-state index >= 15 is 0 Å². The quantitative estimate of drug-likeness (QED) is 0.796. The Morgan fingerprint density at radius 2 is 1.96 bits per heavy atom. The Morgan fingerprint density at radius 3 is 2.64 bits per heavy atom. The lowest BCUT2D eigenvalue weighted by Gasteiger charge is -2.39. The SMILES string of the molecule is C=CCNC(=O)C1CCC(c2cccc(C)c2)N(C(=O)c2ccc(F)cc2)C1. The number of hydrogen-bond acceptors (Lipinski definition) is 2. The molecule has 2 aromatic carbocycles. The van der Waals surface area contributed by atoms with Crippen LogP contribution in [0.5, 0.6) is 0 Å². The van der Waals surface area contributed by atoms with Crippen molar-refractivity contribution in [3.05, 3.63) is 83.7 Å². The molecule has 5 heteroatoms. The first-order chi connectivity index (χ1) is 13.5. The number of nitrogens with one attached hydrogen (secondary N) is 1. The van der Waals surface area contributed by atoms with Crippen LogP contribution >= 0.6 is 0 Å². The Morgan fingerprint density at radius 1 is 1.21 bits per heavy atom. The highest BCUT2D eigenvalue weighted by atomic mass is 19.1. The van der Waals surface area contributed by atoms with Gasteiger partial charge in [-0.1, -0.05) is 35.9 Å². The van der Waals surface area contributed by atoms with Crippen LogP contribution in [0.3, 0.4) is 0 Å². The molecular weight excluding hydrogens is 355 g/mol. The number of rotatable bonds is 5. The van der Waals surface area contributed by atoms with Gasteiger partial charge in [-0.2, -0.15) is 0 Å². The van der Waals surface area contributed by atoms with E-state index in [1.807, 2.05) is 25.1 Å². The first-order valence-corrected chi connectivity index (χ1v) is 9.51. The molecule has 0 aliphatic carbocycles. The Labute approximate surface area is 165 Å². The first-order valence-electron chi connectivity index (χ1n) is 9.51. The minimum Gasteiger partial charge on any atom is -0.352 e. The molecule has 2 unspecified atom stereocenters. The second-order valence-corrected chi connectivity index (χ2v) is 7.20. The Hall–Kier alpha value is -2.95. The molecule has 1 saturated heterocycles. The van der Waals surface area contributed by atoms with E-state index in [1.165, 1.54) is 24.3 Å². The molecule has 2 amide bonds. The second-order valence-electron chi connectivity index (χ2n) is 7.20. The molecule has 1 aliphatic rings. The smallest absolute Gasteiger partial charge is 0.254 e. The number of nitrogens with zero attached hydrogens (tertiary/aromatic N) is 1. The summed E-state index contributed by atoms with van der Waals surface area (Å²) in [5.41, 5.74) is 2.60. The van der Waals surface area contributed by atoms with E-state index in [2.05, 4.69) is 18.0 Å². The molecule has 28 heavy (non-hydrogen) atoms. The van der Waals surface area contributed by atoms with Gasteiger partial charge in [0.25, 0.3) is 5.91 Å². The standard InChI is InChI=1S/C23H25FN2O2/c1-3-13-25-22(27)19-9-12-21(18-6-4-5-16(2)14-18)26(15-19)23(28)17-7-10-20(24)11-8-17/h3-8,10-11,14,19,21H,1,9,12-13,15H2,2H3,(H,25,27). The van der Waals surface area contributed by atoms with Crippen LogP contribution in [0.15, 0.2) is 61.2 Å². The van der Waals surface area contributed by atoms with Crippen molar-refractivity contribution in [2.45, 2.75) is 25.8 Å². The summed E-state index contributed by atoms with van der Waals surface area (Å²) in [6.07, 6.45) is 3.04. The zero-order chi connectivity index (χ0) is 20.1. The molecule has 2 atom stereocenters. The van der Waals surface area contributed by atoms with Gasteiger partial charge < -0.3 is 10.2 Å². The van der Waals surface area contributed by atoms with E-state index in [0.29, 0.717) is 31.5 Å². The molecule has 146 valence electrons. The van der Waals surface area contributed by atoms with Crippen molar-refractivity contribution in [2.24, 2.45) is 5.92 Å². The largest absolute Gasteiger partial charge is 0.352 e. The summed E-state index contributed by atoms with van der Waals surface area (Å²) in [6.45, 7) is 6.37. The number of benzene rings is 2. The van der Waals surface area contributed by atoms with Crippen molar-refractivity contribution in [3.8, 4) is 0 Å². The predicted octanol–water partition coefficient (Wildman–Crippen LogP) is 4.03. The maximum atomic E-state index is 13.3. The predicted molar refractivity (Wildman–Crippen MR) is 107 cm³/mol. The second kappa shape index (κ2) is 8.83. The molecule has 1 heterocycles. The highest BCUT2D eigenvalue weighted by molar-refractivity contribution is 5.95. The van der Waals surface area contributed by atoms with Gasteiger partial charge in [-0.3, -0.25) is 9.59 Å². The zero-order valence-corrected chi connectivity index (χ0v) is 16.0. The van der Waals surface area contributed by atoms with Crippen LogP contribution < -0.4 is 5.32 Å². The van der Waals surface area contributed by atoms with Crippen molar-refractivity contribution in [2.75, 3.05) is 13.1 Å². The van der Waals surface area contributed by atoms with Gasteiger partial charge in [0.15, 0.2) is 0 Å². The van der Waals surface area contributed by atoms with Gasteiger partial charge in [-0.25, -0.2) is 4.39 Å². The highest BCUT2D eigenvalue weighted by Gasteiger charge is 2.35. The molecule has 1 fully saturated rings. The summed E-state index contributed by atoms with van der Waals surface area (Å²) >= 11 is 0. The van der Waals surface area contributed by atoms with Gasteiger partial charge in [0, 0.05) is 18.7 Å². The number of likely N-dealkylation sites (tertiary alicyclic amines) is 1. The van der Waals surface area contributed by atoms with E-state index < -0.39 is 0 Å². The molecule has 2 aromatic rings. The summed E-state index contributed by atoms with van der Waals surface area (Å²) < 4.78 is 13.3. The van der Waals surface area contributed by atoms with Crippen LogP contribution in [-0.4, -0.2) is 29.8 Å². The Bertz CT molecular complexity index is 863. The number of piperidine rings is 1. The van der Waals surface area contributed by atoms with E-state index in [-0.39, 0.29) is 29.6 Å². The zero-order valence-electron chi connectivity index (χ0n) is 16.0.